The van der Waals surface area contributed by atoms with Gasteiger partial charge in [0.05, 0.1) is 11.7 Å². The maximum atomic E-state index is 12.6. The molecule has 6 nitrogen and oxygen atoms in total. The average Bonchev–Trinajstić information content (AvgIpc) is 3.05. The van der Waals surface area contributed by atoms with Crippen LogP contribution >= 0.6 is 0 Å². The van der Waals surface area contributed by atoms with Crippen LogP contribution in [0.2, 0.25) is 0 Å². The fourth-order valence-corrected chi connectivity index (χ4v) is 3.24. The number of aryl methyl sites for hydroxylation is 3. The van der Waals surface area contributed by atoms with Crippen LogP contribution in [-0.4, -0.2) is 43.2 Å². The topological polar surface area (TPSA) is 56.0 Å². The highest BCUT2D eigenvalue weighted by Gasteiger charge is 2.25. The standard InChI is InChI=1S/C16H23N5O/c1-12-9-13(2)21(18-12)11-16(22)19-7-4-5-15(10-19)20-8-6-17-14(20)3/h6,8-9,15H,4-5,7,10-11H2,1-3H3. The maximum Gasteiger partial charge on any atom is 0.244 e. The number of rotatable bonds is 3. The zero-order chi connectivity index (χ0) is 15.7. The zero-order valence-corrected chi connectivity index (χ0v) is 13.5. The monoisotopic (exact) mass is 301 g/mol. The van der Waals surface area contributed by atoms with Crippen LogP contribution in [0.3, 0.4) is 0 Å². The molecule has 2 aromatic rings. The largest absolute Gasteiger partial charge is 0.339 e. The van der Waals surface area contributed by atoms with Crippen LogP contribution in [0.5, 0.6) is 0 Å². The van der Waals surface area contributed by atoms with Gasteiger partial charge in [0.1, 0.15) is 12.4 Å². The first-order valence-corrected chi connectivity index (χ1v) is 7.83. The fourth-order valence-electron chi connectivity index (χ4n) is 3.24. The lowest BCUT2D eigenvalue weighted by Crippen LogP contribution is -2.42. The van der Waals surface area contributed by atoms with E-state index in [1.807, 2.05) is 44.1 Å². The molecule has 2 aromatic heterocycles. The van der Waals surface area contributed by atoms with E-state index in [2.05, 4.69) is 14.6 Å². The Balaban J connectivity index is 1.68. The number of nitrogens with zero attached hydrogens (tertiary/aromatic N) is 5. The molecular weight excluding hydrogens is 278 g/mol. The normalized spacial score (nSPS) is 18.7. The van der Waals surface area contributed by atoms with E-state index in [-0.39, 0.29) is 5.91 Å². The molecule has 22 heavy (non-hydrogen) atoms. The second-order valence-corrected chi connectivity index (χ2v) is 6.10. The minimum Gasteiger partial charge on any atom is -0.339 e. The van der Waals surface area contributed by atoms with E-state index in [0.29, 0.717) is 12.6 Å². The molecule has 3 heterocycles. The summed E-state index contributed by atoms with van der Waals surface area (Å²) >= 11 is 0. The highest BCUT2D eigenvalue weighted by molar-refractivity contribution is 5.76. The summed E-state index contributed by atoms with van der Waals surface area (Å²) in [5.41, 5.74) is 1.99. The first kappa shape index (κ1) is 14.8. The third-order valence-electron chi connectivity index (χ3n) is 4.39. The van der Waals surface area contributed by atoms with Gasteiger partial charge in [-0.25, -0.2) is 4.98 Å². The van der Waals surface area contributed by atoms with Crippen molar-refractivity contribution in [1.29, 1.82) is 0 Å². The van der Waals surface area contributed by atoms with E-state index in [1.54, 1.807) is 4.68 Å². The van der Waals surface area contributed by atoms with E-state index >= 15 is 0 Å². The fraction of sp³-hybridized carbons (Fsp3) is 0.562. The molecule has 3 rings (SSSR count). The lowest BCUT2D eigenvalue weighted by atomic mass is 10.1. The van der Waals surface area contributed by atoms with Crippen LogP contribution in [0, 0.1) is 20.8 Å². The van der Waals surface area contributed by atoms with E-state index in [0.717, 1.165) is 43.1 Å². The van der Waals surface area contributed by atoms with Crippen molar-refractivity contribution in [2.24, 2.45) is 0 Å². The van der Waals surface area contributed by atoms with Crippen LogP contribution < -0.4 is 0 Å². The molecule has 0 spiro atoms. The highest BCUT2D eigenvalue weighted by Crippen LogP contribution is 2.22. The summed E-state index contributed by atoms with van der Waals surface area (Å²) in [5, 5.41) is 4.38. The van der Waals surface area contributed by atoms with Crippen LogP contribution in [0.1, 0.15) is 36.1 Å². The molecule has 0 aliphatic carbocycles. The summed E-state index contributed by atoms with van der Waals surface area (Å²) in [5.74, 6) is 1.16. The summed E-state index contributed by atoms with van der Waals surface area (Å²) in [6.07, 6.45) is 5.97. The molecule has 1 fully saturated rings. The number of hydrogen-bond acceptors (Lipinski definition) is 3. The summed E-state index contributed by atoms with van der Waals surface area (Å²) in [4.78, 5) is 18.8. The van der Waals surface area contributed by atoms with Crippen LogP contribution in [0.15, 0.2) is 18.5 Å². The van der Waals surface area contributed by atoms with Gasteiger partial charge in [0.2, 0.25) is 5.91 Å². The minimum atomic E-state index is 0.147. The van der Waals surface area contributed by atoms with Crippen molar-refractivity contribution in [3.05, 3.63) is 35.7 Å². The third kappa shape index (κ3) is 2.91. The molecule has 0 bridgehead atoms. The first-order valence-electron chi connectivity index (χ1n) is 7.83. The number of imidazole rings is 1. The van der Waals surface area contributed by atoms with Gasteiger partial charge < -0.3 is 9.47 Å². The molecule has 0 saturated carbocycles. The van der Waals surface area contributed by atoms with E-state index in [4.69, 9.17) is 0 Å². The molecule has 0 N–H and O–H groups in total. The Morgan fingerprint density at radius 1 is 1.36 bits per heavy atom. The zero-order valence-electron chi connectivity index (χ0n) is 13.5. The molecule has 0 radical (unpaired) electrons. The Morgan fingerprint density at radius 3 is 2.82 bits per heavy atom. The lowest BCUT2D eigenvalue weighted by molar-refractivity contribution is -0.133. The van der Waals surface area contributed by atoms with Gasteiger partial charge in [-0.3, -0.25) is 9.48 Å². The van der Waals surface area contributed by atoms with Crippen LogP contribution in [-0.2, 0) is 11.3 Å². The number of piperidine rings is 1. The Labute approximate surface area is 130 Å². The molecule has 118 valence electrons. The summed E-state index contributed by atoms with van der Waals surface area (Å²) in [6, 6.07) is 2.34. The molecule has 1 atom stereocenters. The third-order valence-corrected chi connectivity index (χ3v) is 4.39. The van der Waals surface area contributed by atoms with E-state index in [1.165, 1.54) is 0 Å². The number of aromatic nitrogens is 4. The van der Waals surface area contributed by atoms with Crippen molar-refractivity contribution in [2.75, 3.05) is 13.1 Å². The molecule has 1 saturated heterocycles. The van der Waals surface area contributed by atoms with Gasteiger partial charge in [-0.1, -0.05) is 0 Å². The molecular formula is C16H23N5O. The second kappa shape index (κ2) is 5.94. The van der Waals surface area contributed by atoms with Crippen molar-refractivity contribution in [2.45, 2.75) is 46.2 Å². The van der Waals surface area contributed by atoms with Gasteiger partial charge in [0, 0.05) is 31.2 Å². The number of carbonyl (C=O) groups excluding carboxylic acids is 1. The van der Waals surface area contributed by atoms with Crippen LogP contribution in [0.25, 0.3) is 0 Å². The average molecular weight is 301 g/mol. The number of likely N-dealkylation sites (tertiary alicyclic amines) is 1. The van der Waals surface area contributed by atoms with Gasteiger partial charge in [-0.2, -0.15) is 5.10 Å². The molecule has 6 heteroatoms. The van der Waals surface area contributed by atoms with Crippen molar-refractivity contribution >= 4 is 5.91 Å². The molecule has 1 aliphatic rings. The Hall–Kier alpha value is -2.11. The van der Waals surface area contributed by atoms with Gasteiger partial charge >= 0.3 is 0 Å². The minimum absolute atomic E-state index is 0.147. The predicted molar refractivity (Wildman–Crippen MR) is 83.5 cm³/mol. The lowest BCUT2D eigenvalue weighted by Gasteiger charge is -2.34. The smallest absolute Gasteiger partial charge is 0.244 e. The highest BCUT2D eigenvalue weighted by atomic mass is 16.2. The van der Waals surface area contributed by atoms with Gasteiger partial charge in [-0.05, 0) is 39.7 Å². The molecule has 1 unspecified atom stereocenters. The maximum absolute atomic E-state index is 12.6. The van der Waals surface area contributed by atoms with Crippen molar-refractivity contribution in [3.63, 3.8) is 0 Å². The first-order chi connectivity index (χ1) is 10.5. The number of carbonyl (C=O) groups is 1. The Morgan fingerprint density at radius 2 is 2.18 bits per heavy atom. The van der Waals surface area contributed by atoms with Crippen molar-refractivity contribution < 1.29 is 4.79 Å². The number of amides is 1. The van der Waals surface area contributed by atoms with E-state index in [9.17, 15) is 4.79 Å². The molecule has 1 amide bonds. The molecule has 1 aliphatic heterocycles. The Kier molecular flexibility index (Phi) is 4.00. The van der Waals surface area contributed by atoms with Gasteiger partial charge in [0.25, 0.3) is 0 Å². The van der Waals surface area contributed by atoms with Crippen molar-refractivity contribution in [3.8, 4) is 0 Å². The quantitative estimate of drug-likeness (QED) is 0.869. The van der Waals surface area contributed by atoms with Crippen molar-refractivity contribution in [1.82, 2.24) is 24.2 Å². The van der Waals surface area contributed by atoms with Gasteiger partial charge in [0.15, 0.2) is 0 Å². The summed E-state index contributed by atoms with van der Waals surface area (Å²) < 4.78 is 3.98. The number of hydrogen-bond donors (Lipinski definition) is 0. The van der Waals surface area contributed by atoms with E-state index < -0.39 is 0 Å². The Bertz CT molecular complexity index is 672. The van der Waals surface area contributed by atoms with Gasteiger partial charge in [-0.15, -0.1) is 0 Å². The predicted octanol–water partition coefficient (Wildman–Crippen LogP) is 1.87. The second-order valence-electron chi connectivity index (χ2n) is 6.10. The summed E-state index contributed by atoms with van der Waals surface area (Å²) in [7, 11) is 0. The summed E-state index contributed by atoms with van der Waals surface area (Å²) in [6.45, 7) is 7.87. The van der Waals surface area contributed by atoms with Crippen LogP contribution in [0.4, 0.5) is 0 Å². The molecule has 0 aromatic carbocycles. The SMILES string of the molecule is Cc1cc(C)n(CC(=O)N2CCCC(n3ccnc3C)C2)n1.